The summed E-state index contributed by atoms with van der Waals surface area (Å²) in [6, 6.07) is 7.10. The lowest BCUT2D eigenvalue weighted by molar-refractivity contribution is -0.137. The van der Waals surface area contributed by atoms with Crippen molar-refractivity contribution in [1.82, 2.24) is 20.3 Å². The second kappa shape index (κ2) is 6.15. The van der Waals surface area contributed by atoms with E-state index in [1.807, 2.05) is 6.92 Å². The molecule has 25 heavy (non-hydrogen) atoms. The Kier molecular flexibility index (Phi) is 4.29. The van der Waals surface area contributed by atoms with Crippen molar-refractivity contribution in [2.24, 2.45) is 7.05 Å². The largest absolute Gasteiger partial charge is 0.416 e. The van der Waals surface area contributed by atoms with Gasteiger partial charge < -0.3 is 5.32 Å². The third-order valence-corrected chi connectivity index (χ3v) is 4.65. The second-order valence-electron chi connectivity index (χ2n) is 6.61. The van der Waals surface area contributed by atoms with Gasteiger partial charge in [0.1, 0.15) is 0 Å². The number of halogens is 3. The molecule has 2 heterocycles. The summed E-state index contributed by atoms with van der Waals surface area (Å²) in [5.74, 6) is 0. The third-order valence-electron chi connectivity index (χ3n) is 4.65. The van der Waals surface area contributed by atoms with Crippen LogP contribution in [0.1, 0.15) is 42.6 Å². The Labute approximate surface area is 143 Å². The number of benzene rings is 1. The van der Waals surface area contributed by atoms with E-state index < -0.39 is 17.2 Å². The van der Waals surface area contributed by atoms with Crippen LogP contribution in [0.5, 0.6) is 0 Å². The molecule has 1 fully saturated rings. The molecule has 2 aromatic rings. The third kappa shape index (κ3) is 3.37. The number of nitrogens with one attached hydrogen (secondary N) is 1. The van der Waals surface area contributed by atoms with Crippen molar-refractivity contribution >= 4 is 0 Å². The lowest BCUT2D eigenvalue weighted by atomic mass is 9.69. The molecule has 0 amide bonds. The molecule has 0 radical (unpaired) electrons. The van der Waals surface area contributed by atoms with Crippen LogP contribution in [0, 0.1) is 11.3 Å². The summed E-state index contributed by atoms with van der Waals surface area (Å²) < 4.78 is 40.0. The Morgan fingerprint density at radius 1 is 1.28 bits per heavy atom. The number of piperidine rings is 1. The highest BCUT2D eigenvalue weighted by Gasteiger charge is 2.42. The molecule has 0 unspecified atom stereocenters. The Morgan fingerprint density at radius 3 is 2.48 bits per heavy atom. The van der Waals surface area contributed by atoms with Crippen molar-refractivity contribution in [3.8, 4) is 6.07 Å². The Morgan fingerprint density at radius 2 is 1.96 bits per heavy atom. The average molecular weight is 349 g/mol. The van der Waals surface area contributed by atoms with Gasteiger partial charge in [0.15, 0.2) is 0 Å². The van der Waals surface area contributed by atoms with Crippen molar-refractivity contribution < 1.29 is 13.2 Å². The highest BCUT2D eigenvalue weighted by Crippen LogP contribution is 2.42. The first-order chi connectivity index (χ1) is 11.7. The molecule has 1 N–H and O–H groups in total. The molecular weight excluding hydrogens is 331 g/mol. The van der Waals surface area contributed by atoms with Gasteiger partial charge in [-0.2, -0.15) is 18.4 Å². The summed E-state index contributed by atoms with van der Waals surface area (Å²) in [4.78, 5) is 0. The lowest BCUT2D eigenvalue weighted by Crippen LogP contribution is -2.46. The van der Waals surface area contributed by atoms with Crippen molar-refractivity contribution in [2.75, 3.05) is 0 Å². The van der Waals surface area contributed by atoms with E-state index in [1.165, 1.54) is 12.1 Å². The van der Waals surface area contributed by atoms with Gasteiger partial charge in [-0.15, -0.1) is 5.10 Å². The molecule has 0 saturated carbocycles. The fourth-order valence-corrected chi connectivity index (χ4v) is 3.50. The Hall–Kier alpha value is -2.40. The minimum absolute atomic E-state index is 0.0164. The van der Waals surface area contributed by atoms with Gasteiger partial charge in [0.2, 0.25) is 0 Å². The SMILES string of the molecule is C[C@H]1C[C@@](C#N)(c2ccc(C(F)(F)F)cc2)C[C@@H](c2cn(C)nn2)N1. The number of nitrogens with zero attached hydrogens (tertiary/aromatic N) is 4. The number of alkyl halides is 3. The Bertz CT molecular complexity index is 790. The van der Waals surface area contributed by atoms with Crippen LogP contribution >= 0.6 is 0 Å². The molecule has 1 aromatic carbocycles. The predicted molar refractivity (Wildman–Crippen MR) is 84.3 cm³/mol. The summed E-state index contributed by atoms with van der Waals surface area (Å²) in [6.07, 6.45) is -1.66. The number of aryl methyl sites for hydroxylation is 1. The highest BCUT2D eigenvalue weighted by atomic mass is 19.4. The summed E-state index contributed by atoms with van der Waals surface area (Å²) in [5.41, 5.74) is -0.251. The number of hydrogen-bond acceptors (Lipinski definition) is 4. The predicted octanol–water partition coefficient (Wildman–Crippen LogP) is 3.11. The van der Waals surface area contributed by atoms with Crippen molar-refractivity contribution in [2.45, 2.75) is 43.4 Å². The van der Waals surface area contributed by atoms with Gasteiger partial charge in [-0.05, 0) is 37.5 Å². The highest BCUT2D eigenvalue weighted by molar-refractivity contribution is 5.37. The molecule has 0 bridgehead atoms. The fourth-order valence-electron chi connectivity index (χ4n) is 3.50. The van der Waals surface area contributed by atoms with E-state index in [0.717, 1.165) is 17.8 Å². The topological polar surface area (TPSA) is 66.5 Å². The van der Waals surface area contributed by atoms with E-state index in [1.54, 1.807) is 17.9 Å². The van der Waals surface area contributed by atoms with Crippen LogP contribution in [0.3, 0.4) is 0 Å². The monoisotopic (exact) mass is 349 g/mol. The van der Waals surface area contributed by atoms with Crippen molar-refractivity contribution in [3.05, 3.63) is 47.3 Å². The van der Waals surface area contributed by atoms with Crippen molar-refractivity contribution in [1.29, 1.82) is 5.26 Å². The number of rotatable bonds is 2. The molecule has 0 aliphatic carbocycles. The molecule has 1 aliphatic rings. The van der Waals surface area contributed by atoms with E-state index in [4.69, 9.17) is 0 Å². The molecule has 0 spiro atoms. The van der Waals surface area contributed by atoms with Crippen LogP contribution in [-0.2, 0) is 18.6 Å². The van der Waals surface area contributed by atoms with Crippen LogP contribution in [0.15, 0.2) is 30.5 Å². The molecule has 8 heteroatoms. The van der Waals surface area contributed by atoms with Crippen LogP contribution in [-0.4, -0.2) is 21.0 Å². The molecule has 1 saturated heterocycles. The van der Waals surface area contributed by atoms with Gasteiger partial charge >= 0.3 is 6.18 Å². The summed E-state index contributed by atoms with van der Waals surface area (Å²) >= 11 is 0. The maximum Gasteiger partial charge on any atom is 0.416 e. The fraction of sp³-hybridized carbons (Fsp3) is 0.471. The molecule has 1 aliphatic heterocycles. The first-order valence-electron chi connectivity index (χ1n) is 7.95. The van der Waals surface area contributed by atoms with Gasteiger partial charge in [0, 0.05) is 19.3 Å². The van der Waals surface area contributed by atoms with Crippen LogP contribution in [0.2, 0.25) is 0 Å². The second-order valence-corrected chi connectivity index (χ2v) is 6.61. The van der Waals surface area contributed by atoms with E-state index in [2.05, 4.69) is 21.7 Å². The maximum absolute atomic E-state index is 12.8. The zero-order valence-corrected chi connectivity index (χ0v) is 13.9. The lowest BCUT2D eigenvalue weighted by Gasteiger charge is -2.40. The van der Waals surface area contributed by atoms with Crippen LogP contribution in [0.4, 0.5) is 13.2 Å². The zero-order chi connectivity index (χ0) is 18.2. The number of aromatic nitrogens is 3. The van der Waals surface area contributed by atoms with Gasteiger partial charge in [0.25, 0.3) is 0 Å². The summed E-state index contributed by atoms with van der Waals surface area (Å²) in [6.45, 7) is 1.96. The molecule has 5 nitrogen and oxygen atoms in total. The summed E-state index contributed by atoms with van der Waals surface area (Å²) in [5, 5.41) is 21.3. The van der Waals surface area contributed by atoms with E-state index >= 15 is 0 Å². The van der Waals surface area contributed by atoms with Gasteiger partial charge in [0.05, 0.1) is 28.8 Å². The van der Waals surface area contributed by atoms with E-state index in [9.17, 15) is 18.4 Å². The minimum Gasteiger partial charge on any atom is -0.306 e. The average Bonchev–Trinajstić information content (AvgIpc) is 3.00. The smallest absolute Gasteiger partial charge is 0.306 e. The van der Waals surface area contributed by atoms with Gasteiger partial charge in [-0.1, -0.05) is 17.3 Å². The standard InChI is InChI=1S/C17H18F3N5/c1-11-7-16(10-21,8-14(22-11)15-9-25(2)24-23-15)12-3-5-13(6-4-12)17(18,19)20/h3-6,9,11,14,22H,7-8H2,1-2H3/t11-,14-,16+/m0/s1. The maximum atomic E-state index is 12.8. The normalized spacial score (nSPS) is 27.0. The van der Waals surface area contributed by atoms with Gasteiger partial charge in [-0.25, -0.2) is 0 Å². The van der Waals surface area contributed by atoms with Crippen molar-refractivity contribution in [3.63, 3.8) is 0 Å². The Balaban J connectivity index is 1.94. The first kappa shape index (κ1) is 17.4. The summed E-state index contributed by atoms with van der Waals surface area (Å²) in [7, 11) is 1.76. The van der Waals surface area contributed by atoms with E-state index in [0.29, 0.717) is 18.4 Å². The van der Waals surface area contributed by atoms with E-state index in [-0.39, 0.29) is 12.1 Å². The number of nitriles is 1. The molecule has 3 atom stereocenters. The number of hydrogen-bond donors (Lipinski definition) is 1. The molecule has 3 rings (SSSR count). The van der Waals surface area contributed by atoms with Crippen LogP contribution < -0.4 is 5.32 Å². The van der Waals surface area contributed by atoms with Crippen LogP contribution in [0.25, 0.3) is 0 Å². The molecule has 132 valence electrons. The quantitative estimate of drug-likeness (QED) is 0.905. The first-order valence-corrected chi connectivity index (χ1v) is 7.95. The minimum atomic E-state index is -4.39. The molecule has 1 aromatic heterocycles. The zero-order valence-electron chi connectivity index (χ0n) is 13.9. The molecular formula is C17H18F3N5. The van der Waals surface area contributed by atoms with Gasteiger partial charge in [-0.3, -0.25) is 4.68 Å².